The number of benzene rings is 10. The van der Waals surface area contributed by atoms with Gasteiger partial charge in [0, 0.05) is 63.5 Å². The number of thiophene rings is 1. The van der Waals surface area contributed by atoms with Gasteiger partial charge >= 0.3 is 20.1 Å². The summed E-state index contributed by atoms with van der Waals surface area (Å²) >= 11 is 1.81. The summed E-state index contributed by atoms with van der Waals surface area (Å²) in [6, 6.07) is 82.8. The van der Waals surface area contributed by atoms with Crippen molar-refractivity contribution in [2.45, 2.75) is 171 Å². The van der Waals surface area contributed by atoms with Crippen LogP contribution in [0.4, 0.5) is 0 Å². The second-order valence-corrected chi connectivity index (χ2v) is 31.8. The first-order valence-corrected chi connectivity index (χ1v) is 37.3. The minimum absolute atomic E-state index is 0. The van der Waals surface area contributed by atoms with Crippen LogP contribution in [-0.4, -0.2) is 34.6 Å². The summed E-state index contributed by atoms with van der Waals surface area (Å²) in [4.78, 5) is 0. The normalized spacial score (nSPS) is 11.9. The van der Waals surface area contributed by atoms with E-state index >= 15 is 0 Å². The molecule has 15 rings (SSSR count). The van der Waals surface area contributed by atoms with Gasteiger partial charge in [-0.15, -0.1) is 98.2 Å². The Bertz CT molecular complexity index is 5530. The molecule has 0 atom stereocenters. The Morgan fingerprint density at radius 3 is 1.57 bits per heavy atom. The Morgan fingerprint density at radius 2 is 0.981 bits per heavy atom. The SMILES string of the molecule is CCCC(C)(C)c1n[n-]c(-c2[c-]ccc(C)c2)[n+]1-c1ccccc1C(C)(C)C.CCCC(C)(C)c1nnc(-c2[c-]cc3oc4ccccc4c3c2)n1-c1ccc(-c2ccccc2)cc1C.CCCC(C)(C)c1nnc(-c2[c-]cc3sc4ccccc4c3c2)n1-c1ccc(-c2ccc(C)cc2)cc1C.[Ir+3].[Ir]. The van der Waals surface area contributed by atoms with Crippen molar-refractivity contribution in [2.75, 3.05) is 0 Å². The third-order valence-corrected chi connectivity index (χ3v) is 21.2. The quantitative estimate of drug-likeness (QED) is 0.0660. The molecule has 5 heterocycles. The molecule has 105 heavy (non-hydrogen) atoms. The summed E-state index contributed by atoms with van der Waals surface area (Å²) in [7, 11) is 0. The summed E-state index contributed by atoms with van der Waals surface area (Å²) < 4.78 is 15.4. The molecule has 0 fully saturated rings. The van der Waals surface area contributed by atoms with Gasteiger partial charge < -0.3 is 18.1 Å². The van der Waals surface area contributed by atoms with E-state index in [0.29, 0.717) is 0 Å². The standard InChI is InChI=1S/C34H32N3S.C33H30N3O.C25H32N3.2Ir/c1-6-19-34(4,5)33-36-35-32(26-16-18-31-28(21-26)27-9-7-8-10-30(27)38-31)37(33)29-17-15-25(20-23(29)3)24-13-11-22(2)12-14-24;1-5-19-33(3,4)32-35-34-31(25-16-18-30-27(21-25)26-13-9-10-14-29(26)37-30)36(32)28-17-15-24(20-22(28)2)23-11-7-6-8-12-23;1-8-16-25(6,7)23-27-26-22(19-13-11-12-18(2)17-19)28(23)21-15-10-9-14-20(21)24(3,4)5;;/h7-15,17-18,20-21H,6,19H2,1-5H3;6-15,17-18,20-21H,5,19H2,1-4H3;9-12,14-15,17H,8,16H2,1-7H3;;/q3*-1;;+3. The topological polar surface area (TPSA) is 105 Å². The van der Waals surface area contributed by atoms with Gasteiger partial charge in [0.25, 0.3) is 0 Å². The second-order valence-electron chi connectivity index (χ2n) is 30.7. The molecular formula is C92H94Ir2N9OS. The van der Waals surface area contributed by atoms with Crippen molar-refractivity contribution in [3.8, 4) is 73.5 Å². The predicted octanol–water partition coefficient (Wildman–Crippen LogP) is 23.6. The number of aromatic nitrogens is 9. The van der Waals surface area contributed by atoms with Gasteiger partial charge in [0.1, 0.15) is 23.1 Å². The minimum Gasteiger partial charge on any atom is -0.500 e. The van der Waals surface area contributed by atoms with E-state index in [1.165, 1.54) is 70.2 Å². The maximum atomic E-state index is 6.05. The van der Waals surface area contributed by atoms with Gasteiger partial charge in [0.2, 0.25) is 0 Å². The van der Waals surface area contributed by atoms with Crippen molar-refractivity contribution < 1.29 is 49.2 Å². The average Bonchev–Trinajstić information content (AvgIpc) is 1.63. The Labute approximate surface area is 651 Å². The van der Waals surface area contributed by atoms with E-state index in [0.717, 1.165) is 129 Å². The Hall–Kier alpha value is -9.06. The fourth-order valence-electron chi connectivity index (χ4n) is 14.7. The fourth-order valence-corrected chi connectivity index (χ4v) is 15.8. The first-order valence-electron chi connectivity index (χ1n) is 36.4. The van der Waals surface area contributed by atoms with Crippen LogP contribution < -0.4 is 9.67 Å². The molecule has 0 aliphatic heterocycles. The van der Waals surface area contributed by atoms with Crippen LogP contribution >= 0.6 is 11.3 Å². The van der Waals surface area contributed by atoms with E-state index < -0.39 is 0 Å². The number of furan rings is 1. The molecule has 0 aliphatic carbocycles. The van der Waals surface area contributed by atoms with Crippen molar-refractivity contribution in [2.24, 2.45) is 0 Å². The maximum absolute atomic E-state index is 6.05. The smallest absolute Gasteiger partial charge is 0.500 e. The zero-order valence-electron chi connectivity index (χ0n) is 63.4. The number of nitrogens with zero attached hydrogens (tertiary/aromatic N) is 9. The van der Waals surface area contributed by atoms with Crippen LogP contribution in [0, 0.1) is 45.9 Å². The molecule has 0 amide bonds. The van der Waals surface area contributed by atoms with Gasteiger partial charge in [-0.1, -0.05) is 247 Å². The summed E-state index contributed by atoms with van der Waals surface area (Å²) in [5, 5.41) is 33.2. The zero-order valence-corrected chi connectivity index (χ0v) is 69.0. The first-order chi connectivity index (χ1) is 49.5. The number of hydrogen-bond donors (Lipinski definition) is 0. The molecule has 0 saturated heterocycles. The maximum Gasteiger partial charge on any atom is 3.00 e. The van der Waals surface area contributed by atoms with E-state index in [1.807, 2.05) is 47.7 Å². The number of aryl methyl sites for hydroxylation is 4. The van der Waals surface area contributed by atoms with Gasteiger partial charge in [-0.3, -0.25) is 0 Å². The predicted molar refractivity (Wildman–Crippen MR) is 427 cm³/mol. The van der Waals surface area contributed by atoms with Crippen molar-refractivity contribution in [1.29, 1.82) is 0 Å². The fraction of sp³-hybridized carbons (Fsp3) is 0.283. The van der Waals surface area contributed by atoms with Crippen molar-refractivity contribution in [1.82, 2.24) is 39.7 Å². The van der Waals surface area contributed by atoms with Crippen LogP contribution in [0.25, 0.3) is 116 Å². The average molecular weight is 1760 g/mol. The molecule has 0 aliphatic rings. The van der Waals surface area contributed by atoms with E-state index in [1.54, 1.807) is 0 Å². The molecule has 1 radical (unpaired) electrons. The third-order valence-electron chi connectivity index (χ3n) is 20.1. The first kappa shape index (κ1) is 77.0. The molecule has 0 bridgehead atoms. The van der Waals surface area contributed by atoms with Gasteiger partial charge in [-0.25, -0.2) is 0 Å². The Morgan fingerprint density at radius 1 is 0.457 bits per heavy atom. The third kappa shape index (κ3) is 15.9. The van der Waals surface area contributed by atoms with E-state index in [4.69, 9.17) is 29.9 Å². The number of fused-ring (bicyclic) bond motifs is 6. The van der Waals surface area contributed by atoms with Crippen LogP contribution in [0.5, 0.6) is 0 Å². The molecule has 10 aromatic carbocycles. The summed E-state index contributed by atoms with van der Waals surface area (Å²) in [6.45, 7) is 35.6. The van der Waals surface area contributed by atoms with E-state index in [2.05, 4.69) is 318 Å². The second kappa shape index (κ2) is 31.9. The molecule has 10 nitrogen and oxygen atoms in total. The summed E-state index contributed by atoms with van der Waals surface area (Å²) in [6.07, 6.45) is 6.36. The monoisotopic (exact) mass is 1760 g/mol. The van der Waals surface area contributed by atoms with Crippen molar-refractivity contribution in [3.63, 3.8) is 0 Å². The molecular weight excluding hydrogens is 1660 g/mol. The van der Waals surface area contributed by atoms with Crippen LogP contribution in [0.1, 0.15) is 167 Å². The largest absolute Gasteiger partial charge is 3.00 e. The van der Waals surface area contributed by atoms with E-state index in [9.17, 15) is 0 Å². The van der Waals surface area contributed by atoms with Crippen LogP contribution in [0.3, 0.4) is 0 Å². The molecule has 13 heteroatoms. The van der Waals surface area contributed by atoms with Crippen molar-refractivity contribution in [3.05, 3.63) is 270 Å². The van der Waals surface area contributed by atoms with Gasteiger partial charge in [-0.05, 0) is 137 Å². The van der Waals surface area contributed by atoms with Gasteiger partial charge in [0.15, 0.2) is 0 Å². The molecule has 0 unspecified atom stereocenters. The van der Waals surface area contributed by atoms with Gasteiger partial charge in [0.05, 0.1) is 23.1 Å². The zero-order chi connectivity index (χ0) is 72.5. The molecule has 537 valence electrons. The van der Waals surface area contributed by atoms with Crippen LogP contribution in [0.15, 0.2) is 211 Å². The number of hydrogen-bond acceptors (Lipinski definition) is 7. The number of rotatable bonds is 17. The Balaban J connectivity index is 0.000000158. The minimum atomic E-state index is -0.142. The molecule has 5 aromatic heterocycles. The summed E-state index contributed by atoms with van der Waals surface area (Å²) in [5.41, 5.74) is 18.5. The summed E-state index contributed by atoms with van der Waals surface area (Å²) in [5.74, 6) is 5.46. The molecule has 0 spiro atoms. The molecule has 0 N–H and O–H groups in total. The van der Waals surface area contributed by atoms with Crippen LogP contribution in [-0.2, 0) is 61.9 Å². The van der Waals surface area contributed by atoms with Crippen molar-refractivity contribution >= 4 is 53.4 Å². The molecule has 0 saturated carbocycles. The number of para-hydroxylation sites is 2. The van der Waals surface area contributed by atoms with E-state index in [-0.39, 0.29) is 61.9 Å². The molecule has 15 aromatic rings. The Kier molecular flexibility index (Phi) is 23.4. The van der Waals surface area contributed by atoms with Gasteiger partial charge in [-0.2, -0.15) is 26.6 Å². The van der Waals surface area contributed by atoms with Crippen LogP contribution in [0.2, 0.25) is 0 Å².